The molecule has 1 N–H and O–H groups in total. The lowest BCUT2D eigenvalue weighted by atomic mass is 9.98. The average molecular weight is 295 g/mol. The van der Waals surface area contributed by atoms with Gasteiger partial charge < -0.3 is 10.2 Å². The highest BCUT2D eigenvalue weighted by molar-refractivity contribution is 6.30. The molecular formula is C16H23ClN2O. The fourth-order valence-electron chi connectivity index (χ4n) is 2.79. The molecular weight excluding hydrogens is 272 g/mol. The maximum atomic E-state index is 12.8. The third-order valence-electron chi connectivity index (χ3n) is 3.94. The summed E-state index contributed by atoms with van der Waals surface area (Å²) >= 11 is 6.03. The number of amides is 1. The Balaban J connectivity index is 2.13. The van der Waals surface area contributed by atoms with Crippen molar-refractivity contribution in [2.24, 2.45) is 0 Å². The van der Waals surface area contributed by atoms with Gasteiger partial charge in [0.2, 0.25) is 5.91 Å². The first-order valence-electron chi connectivity index (χ1n) is 7.40. The van der Waals surface area contributed by atoms with Gasteiger partial charge in [0.25, 0.3) is 0 Å². The molecule has 1 aromatic rings. The van der Waals surface area contributed by atoms with Crippen molar-refractivity contribution in [1.29, 1.82) is 0 Å². The van der Waals surface area contributed by atoms with E-state index in [1.54, 1.807) is 0 Å². The first-order chi connectivity index (χ1) is 9.63. The van der Waals surface area contributed by atoms with Gasteiger partial charge in [0, 0.05) is 24.2 Å². The van der Waals surface area contributed by atoms with Crippen LogP contribution >= 0.6 is 11.6 Å². The van der Waals surface area contributed by atoms with Gasteiger partial charge in [-0.1, -0.05) is 30.7 Å². The molecule has 2 unspecified atom stereocenters. The summed E-state index contributed by atoms with van der Waals surface area (Å²) in [7, 11) is 0. The summed E-state index contributed by atoms with van der Waals surface area (Å²) in [4.78, 5) is 14.8. The third-order valence-corrected chi connectivity index (χ3v) is 4.18. The van der Waals surface area contributed by atoms with Crippen molar-refractivity contribution < 1.29 is 4.79 Å². The minimum absolute atomic E-state index is 0.138. The molecule has 1 amide bonds. The molecule has 1 fully saturated rings. The highest BCUT2D eigenvalue weighted by Gasteiger charge is 2.29. The number of nitrogens with zero attached hydrogens (tertiary/aromatic N) is 1. The molecule has 1 heterocycles. The van der Waals surface area contributed by atoms with Crippen LogP contribution in [-0.2, 0) is 4.79 Å². The van der Waals surface area contributed by atoms with E-state index in [9.17, 15) is 4.79 Å². The van der Waals surface area contributed by atoms with Gasteiger partial charge in [-0.25, -0.2) is 0 Å². The standard InChI is InChI=1S/C16H23ClN2O/c1-3-9-19(15-7-8-18-11-15)16(20)12(2)13-5-4-6-14(17)10-13/h4-6,10,12,15,18H,3,7-9,11H2,1-2H3. The molecule has 0 aromatic heterocycles. The monoisotopic (exact) mass is 294 g/mol. The van der Waals surface area contributed by atoms with Crippen LogP contribution in [0.5, 0.6) is 0 Å². The Labute approximate surface area is 126 Å². The van der Waals surface area contributed by atoms with Crippen LogP contribution in [-0.4, -0.2) is 36.5 Å². The van der Waals surface area contributed by atoms with Gasteiger partial charge in [0.1, 0.15) is 0 Å². The predicted octanol–water partition coefficient (Wildman–Crippen LogP) is 3.04. The Morgan fingerprint density at radius 3 is 2.95 bits per heavy atom. The van der Waals surface area contributed by atoms with Gasteiger partial charge in [0.15, 0.2) is 0 Å². The Bertz CT molecular complexity index is 458. The zero-order chi connectivity index (χ0) is 14.5. The minimum Gasteiger partial charge on any atom is -0.338 e. The summed E-state index contributed by atoms with van der Waals surface area (Å²) in [5.41, 5.74) is 0.995. The van der Waals surface area contributed by atoms with Crippen LogP contribution in [0.4, 0.5) is 0 Å². The molecule has 0 spiro atoms. The van der Waals surface area contributed by atoms with Crippen molar-refractivity contribution in [2.75, 3.05) is 19.6 Å². The van der Waals surface area contributed by atoms with Crippen molar-refractivity contribution in [2.45, 2.75) is 38.6 Å². The lowest BCUT2D eigenvalue weighted by molar-refractivity contribution is -0.134. The average Bonchev–Trinajstić information content (AvgIpc) is 2.97. The van der Waals surface area contributed by atoms with E-state index in [-0.39, 0.29) is 11.8 Å². The number of halogens is 1. The van der Waals surface area contributed by atoms with Crippen molar-refractivity contribution >= 4 is 17.5 Å². The normalized spacial score (nSPS) is 19.9. The van der Waals surface area contributed by atoms with Gasteiger partial charge in [-0.05, 0) is 44.0 Å². The van der Waals surface area contributed by atoms with Gasteiger partial charge in [-0.3, -0.25) is 4.79 Å². The zero-order valence-electron chi connectivity index (χ0n) is 12.2. The van der Waals surface area contributed by atoms with E-state index >= 15 is 0 Å². The second-order valence-corrected chi connectivity index (χ2v) is 5.89. The molecule has 2 rings (SSSR count). The van der Waals surface area contributed by atoms with Gasteiger partial charge in [-0.15, -0.1) is 0 Å². The Kier molecular flexibility index (Phi) is 5.44. The van der Waals surface area contributed by atoms with Crippen LogP contribution in [0.3, 0.4) is 0 Å². The quantitative estimate of drug-likeness (QED) is 0.905. The number of carbonyl (C=O) groups excluding carboxylic acids is 1. The van der Waals surface area contributed by atoms with Crippen LogP contribution in [0.2, 0.25) is 5.02 Å². The van der Waals surface area contributed by atoms with E-state index in [1.807, 2.05) is 36.1 Å². The van der Waals surface area contributed by atoms with E-state index < -0.39 is 0 Å². The largest absolute Gasteiger partial charge is 0.338 e. The molecule has 20 heavy (non-hydrogen) atoms. The highest BCUT2D eigenvalue weighted by atomic mass is 35.5. The fraction of sp³-hybridized carbons (Fsp3) is 0.562. The molecule has 0 radical (unpaired) electrons. The zero-order valence-corrected chi connectivity index (χ0v) is 13.0. The molecule has 0 bridgehead atoms. The molecule has 1 aromatic carbocycles. The van der Waals surface area contributed by atoms with Crippen LogP contribution < -0.4 is 5.32 Å². The Morgan fingerprint density at radius 2 is 2.35 bits per heavy atom. The summed E-state index contributed by atoms with van der Waals surface area (Å²) in [6, 6.07) is 7.95. The molecule has 0 aliphatic carbocycles. The number of rotatable bonds is 5. The maximum Gasteiger partial charge on any atom is 0.230 e. The van der Waals surface area contributed by atoms with Crippen LogP contribution in [0.1, 0.15) is 38.2 Å². The predicted molar refractivity (Wildman–Crippen MR) is 83.1 cm³/mol. The number of nitrogens with one attached hydrogen (secondary N) is 1. The number of hydrogen-bond donors (Lipinski definition) is 1. The van der Waals surface area contributed by atoms with E-state index in [0.717, 1.165) is 38.0 Å². The summed E-state index contributed by atoms with van der Waals surface area (Å²) in [5, 5.41) is 4.03. The topological polar surface area (TPSA) is 32.3 Å². The second kappa shape index (κ2) is 7.09. The molecule has 1 aliphatic heterocycles. The lowest BCUT2D eigenvalue weighted by Crippen LogP contribution is -2.44. The number of hydrogen-bond acceptors (Lipinski definition) is 2. The molecule has 3 nitrogen and oxygen atoms in total. The molecule has 110 valence electrons. The molecule has 1 aliphatic rings. The van der Waals surface area contributed by atoms with Crippen molar-refractivity contribution in [3.05, 3.63) is 34.9 Å². The van der Waals surface area contributed by atoms with Gasteiger partial charge >= 0.3 is 0 Å². The SMILES string of the molecule is CCCN(C(=O)C(C)c1cccc(Cl)c1)C1CCNC1. The van der Waals surface area contributed by atoms with Crippen molar-refractivity contribution in [3.63, 3.8) is 0 Å². The van der Waals surface area contributed by atoms with Crippen molar-refractivity contribution in [1.82, 2.24) is 10.2 Å². The first kappa shape index (κ1) is 15.3. The molecule has 0 saturated carbocycles. The maximum absolute atomic E-state index is 12.8. The summed E-state index contributed by atoms with van der Waals surface area (Å²) in [6.45, 7) is 6.83. The molecule has 1 saturated heterocycles. The number of benzene rings is 1. The summed E-state index contributed by atoms with van der Waals surface area (Å²) in [5.74, 6) is 0.0728. The van der Waals surface area contributed by atoms with E-state index in [1.165, 1.54) is 0 Å². The number of carbonyl (C=O) groups is 1. The molecule has 2 atom stereocenters. The van der Waals surface area contributed by atoms with Gasteiger partial charge in [-0.2, -0.15) is 0 Å². The Morgan fingerprint density at radius 1 is 1.55 bits per heavy atom. The smallest absolute Gasteiger partial charge is 0.230 e. The van der Waals surface area contributed by atoms with E-state index in [4.69, 9.17) is 11.6 Å². The van der Waals surface area contributed by atoms with Crippen LogP contribution in [0.25, 0.3) is 0 Å². The van der Waals surface area contributed by atoms with Gasteiger partial charge in [0.05, 0.1) is 5.92 Å². The van der Waals surface area contributed by atoms with Crippen molar-refractivity contribution in [3.8, 4) is 0 Å². The highest BCUT2D eigenvalue weighted by Crippen LogP contribution is 2.23. The summed E-state index contributed by atoms with van der Waals surface area (Å²) in [6.07, 6.45) is 2.04. The lowest BCUT2D eigenvalue weighted by Gasteiger charge is -2.31. The third kappa shape index (κ3) is 3.53. The van der Waals surface area contributed by atoms with Crippen LogP contribution in [0, 0.1) is 0 Å². The molecule has 4 heteroatoms. The summed E-state index contributed by atoms with van der Waals surface area (Å²) < 4.78 is 0. The van der Waals surface area contributed by atoms with Crippen LogP contribution in [0.15, 0.2) is 24.3 Å². The fourth-order valence-corrected chi connectivity index (χ4v) is 2.99. The minimum atomic E-state index is -0.138. The second-order valence-electron chi connectivity index (χ2n) is 5.45. The van der Waals surface area contributed by atoms with E-state index in [0.29, 0.717) is 11.1 Å². The Hall–Kier alpha value is -1.06. The van der Waals surface area contributed by atoms with E-state index in [2.05, 4.69) is 12.2 Å². The first-order valence-corrected chi connectivity index (χ1v) is 7.78.